The normalized spacial score (nSPS) is 12.6. The molecule has 0 saturated carbocycles. The summed E-state index contributed by atoms with van der Waals surface area (Å²) in [6.07, 6.45) is 18.7. The number of carbonyl (C=O) groups excluding carboxylic acids is 3. The van der Waals surface area contributed by atoms with Crippen LogP contribution in [0.5, 0.6) is 0 Å². The topological polar surface area (TPSA) is 54.5 Å². The molecule has 0 aromatic heterocycles. The highest BCUT2D eigenvalue weighted by Crippen LogP contribution is 2.21. The highest BCUT2D eigenvalue weighted by molar-refractivity contribution is 5.78. The van der Waals surface area contributed by atoms with Crippen LogP contribution in [-0.4, -0.2) is 115 Å². The van der Waals surface area contributed by atoms with E-state index in [2.05, 4.69) is 62.3 Å². The highest BCUT2D eigenvalue weighted by Gasteiger charge is 2.43. The van der Waals surface area contributed by atoms with Gasteiger partial charge >= 0.3 is 17.7 Å². The third-order valence-electron chi connectivity index (χ3n) is 11.1. The molecule has 7 heteroatoms. The maximum atomic E-state index is 14.8. The summed E-state index contributed by atoms with van der Waals surface area (Å²) in [5.41, 5.74) is 0. The van der Waals surface area contributed by atoms with E-state index in [-0.39, 0.29) is 37.4 Å². The molecule has 3 amide bonds. The van der Waals surface area contributed by atoms with Crippen LogP contribution in [0.2, 0.25) is 0 Å². The summed E-state index contributed by atoms with van der Waals surface area (Å²) >= 11 is 0. The zero-order chi connectivity index (χ0) is 37.0. The molecule has 0 aliphatic heterocycles. The number of nitrogens with zero attached hydrogens (tertiary/aromatic N) is 4. The van der Waals surface area contributed by atoms with Gasteiger partial charge in [0.2, 0.25) is 0 Å². The van der Waals surface area contributed by atoms with E-state index < -0.39 is 0 Å². The fourth-order valence-corrected chi connectivity index (χ4v) is 7.47. The van der Waals surface area contributed by atoms with Crippen LogP contribution in [-0.2, 0) is 14.4 Å². The number of amides is 3. The summed E-state index contributed by atoms with van der Waals surface area (Å²) in [6.45, 7) is 28.2. The first-order chi connectivity index (χ1) is 23.6. The fraction of sp³-hybridized carbons (Fsp3) is 0.929. The van der Waals surface area contributed by atoms with Crippen molar-refractivity contribution in [2.75, 3.05) is 78.5 Å². The molecule has 0 unspecified atom stereocenters. The van der Waals surface area contributed by atoms with E-state index in [0.29, 0.717) is 13.4 Å². The van der Waals surface area contributed by atoms with Gasteiger partial charge in [-0.1, -0.05) is 120 Å². The van der Waals surface area contributed by atoms with Crippen LogP contribution < -0.4 is 0 Å². The maximum absolute atomic E-state index is 14.8. The van der Waals surface area contributed by atoms with Crippen LogP contribution in [0.15, 0.2) is 0 Å². The molecule has 0 N–H and O–H groups in total. The molecule has 0 saturated heterocycles. The first kappa shape index (κ1) is 47.8. The number of carbonyl (C=O) groups is 3. The predicted octanol–water partition coefficient (Wildman–Crippen LogP) is 9.52. The Hall–Kier alpha value is -1.15. The van der Waals surface area contributed by atoms with Gasteiger partial charge in [0.25, 0.3) is 0 Å². The summed E-state index contributed by atoms with van der Waals surface area (Å²) in [7, 11) is 0. The summed E-state index contributed by atoms with van der Waals surface area (Å²) in [4.78, 5) is 46.4. The molecule has 0 radical (unpaired) electrons. The fourth-order valence-electron chi connectivity index (χ4n) is 7.47. The monoisotopic (exact) mass is 696 g/mol. The number of hydrogen-bond acceptors (Lipinski definition) is 4. The second-order valence-electron chi connectivity index (χ2n) is 15.5. The van der Waals surface area contributed by atoms with Crippen molar-refractivity contribution < 1.29 is 27.8 Å². The van der Waals surface area contributed by atoms with Gasteiger partial charge in [-0.3, -0.25) is 18.3 Å². The minimum absolute atomic E-state index is 0.194. The van der Waals surface area contributed by atoms with E-state index in [1.54, 1.807) is 0 Å². The molecule has 0 aliphatic rings. The van der Waals surface area contributed by atoms with Gasteiger partial charge in [0.15, 0.2) is 0 Å². The van der Waals surface area contributed by atoms with Crippen LogP contribution in [0.4, 0.5) is 0 Å². The van der Waals surface area contributed by atoms with Crippen molar-refractivity contribution in [3.8, 4) is 0 Å². The molecule has 0 spiro atoms. The summed E-state index contributed by atoms with van der Waals surface area (Å²) in [6, 6.07) is 0. The standard InChI is InChI=1S/C42H87N4O3/c1-10-19-28-44(29-20-11-2,30-21-12-3)40(47)37-43(38-41(48)45(31-22-13-4,32-23-14-5)33-24-15-6)39-42(49)46(34-25-16-7,35-26-17-8)36-27-18-9/h10-39H2,1-9H3/q+3. The average molecular weight is 696 g/mol. The van der Waals surface area contributed by atoms with Crippen molar-refractivity contribution >= 4 is 17.7 Å². The van der Waals surface area contributed by atoms with Gasteiger partial charge in [-0.2, -0.15) is 0 Å². The number of quaternary nitrogens is 3. The second kappa shape index (κ2) is 28.4. The number of rotatable bonds is 33. The van der Waals surface area contributed by atoms with E-state index in [1.165, 1.54) is 0 Å². The second-order valence-corrected chi connectivity index (χ2v) is 15.5. The van der Waals surface area contributed by atoms with E-state index in [4.69, 9.17) is 0 Å². The van der Waals surface area contributed by atoms with Gasteiger partial charge in [0, 0.05) is 0 Å². The minimum atomic E-state index is 0.194. The van der Waals surface area contributed by atoms with E-state index in [9.17, 15) is 14.4 Å². The zero-order valence-electron chi connectivity index (χ0n) is 34.7. The number of hydrogen-bond donors (Lipinski definition) is 0. The first-order valence-electron chi connectivity index (χ1n) is 21.5. The lowest BCUT2D eigenvalue weighted by atomic mass is 10.1. The highest BCUT2D eigenvalue weighted by atomic mass is 16.2. The van der Waals surface area contributed by atoms with Crippen LogP contribution in [0, 0.1) is 0 Å². The Balaban J connectivity index is 7.05. The van der Waals surface area contributed by atoms with E-state index in [1.807, 2.05) is 4.90 Å². The molecule has 7 nitrogen and oxygen atoms in total. The lowest BCUT2D eigenvalue weighted by molar-refractivity contribution is -0.857. The summed E-state index contributed by atoms with van der Waals surface area (Å²) < 4.78 is 1.49. The van der Waals surface area contributed by atoms with Gasteiger partial charge in [0.05, 0.1) is 58.9 Å². The molecular formula is C42H87N4O3+3. The van der Waals surface area contributed by atoms with Crippen molar-refractivity contribution in [1.29, 1.82) is 0 Å². The van der Waals surface area contributed by atoms with Gasteiger partial charge in [-0.15, -0.1) is 0 Å². The Morgan fingerprint density at radius 2 is 0.449 bits per heavy atom. The molecule has 0 atom stereocenters. The molecule has 0 aliphatic carbocycles. The summed E-state index contributed by atoms with van der Waals surface area (Å²) in [5, 5.41) is 0. The third kappa shape index (κ3) is 17.3. The molecule has 49 heavy (non-hydrogen) atoms. The molecule has 0 aromatic carbocycles. The van der Waals surface area contributed by atoms with Crippen molar-refractivity contribution in [2.24, 2.45) is 0 Å². The van der Waals surface area contributed by atoms with Gasteiger partial charge in [-0.25, -0.2) is 14.4 Å². The molecule has 0 aromatic rings. The lowest BCUT2D eigenvalue weighted by Gasteiger charge is -2.41. The van der Waals surface area contributed by atoms with Crippen molar-refractivity contribution in [2.45, 2.75) is 178 Å². The third-order valence-corrected chi connectivity index (χ3v) is 11.1. The van der Waals surface area contributed by atoms with Crippen molar-refractivity contribution in [3.05, 3.63) is 0 Å². The van der Waals surface area contributed by atoms with Gasteiger partial charge < -0.3 is 0 Å². The molecule has 290 valence electrons. The lowest BCUT2D eigenvalue weighted by Crippen LogP contribution is -2.63. The first-order valence-corrected chi connectivity index (χ1v) is 21.5. The predicted molar refractivity (Wildman–Crippen MR) is 210 cm³/mol. The van der Waals surface area contributed by atoms with Gasteiger partial charge in [-0.05, 0) is 57.8 Å². The molecule has 0 rings (SSSR count). The quantitative estimate of drug-likeness (QED) is 0.0642. The van der Waals surface area contributed by atoms with Crippen LogP contribution in [0.3, 0.4) is 0 Å². The Morgan fingerprint density at radius 3 is 0.571 bits per heavy atom. The van der Waals surface area contributed by atoms with Crippen LogP contribution >= 0.6 is 0 Å². The Bertz CT molecular complexity index is 686. The largest absolute Gasteiger partial charge is 0.327 e. The van der Waals surface area contributed by atoms with E-state index in [0.717, 1.165) is 174 Å². The minimum Gasteiger partial charge on any atom is -0.266 e. The molecule has 0 fully saturated rings. The van der Waals surface area contributed by atoms with Crippen LogP contribution in [0.25, 0.3) is 0 Å². The van der Waals surface area contributed by atoms with Crippen LogP contribution in [0.1, 0.15) is 178 Å². The summed E-state index contributed by atoms with van der Waals surface area (Å²) in [5.74, 6) is 0.662. The number of unbranched alkanes of at least 4 members (excludes halogenated alkanes) is 9. The van der Waals surface area contributed by atoms with Gasteiger partial charge in [0.1, 0.15) is 19.6 Å². The Kier molecular flexibility index (Phi) is 27.8. The Labute approximate surface area is 306 Å². The van der Waals surface area contributed by atoms with Crippen molar-refractivity contribution in [1.82, 2.24) is 4.90 Å². The zero-order valence-corrected chi connectivity index (χ0v) is 34.7. The van der Waals surface area contributed by atoms with Crippen molar-refractivity contribution in [3.63, 3.8) is 0 Å². The molecule has 0 bridgehead atoms. The average Bonchev–Trinajstić information content (AvgIpc) is 3.10. The maximum Gasteiger partial charge on any atom is 0.327 e. The van der Waals surface area contributed by atoms with E-state index >= 15 is 0 Å². The Morgan fingerprint density at radius 1 is 0.306 bits per heavy atom. The molecule has 0 heterocycles. The SMILES string of the molecule is CCCC[N+](CCCC)(CCCC)C(=O)CN(CC(=O)[N+](CCCC)(CCCC)CCCC)CC(=O)[N+](CCCC)(CCCC)CCCC. The smallest absolute Gasteiger partial charge is 0.266 e. The molecular weight excluding hydrogens is 608 g/mol.